The van der Waals surface area contributed by atoms with E-state index in [1.165, 1.54) is 6.92 Å². The van der Waals surface area contributed by atoms with Gasteiger partial charge >= 0.3 is 5.97 Å². The monoisotopic (exact) mass is 429 g/mol. The highest BCUT2D eigenvalue weighted by molar-refractivity contribution is 5.75. The lowest BCUT2D eigenvalue weighted by atomic mass is 10.2. The molecule has 0 aliphatic rings. The first-order valence-corrected chi connectivity index (χ1v) is 8.75. The summed E-state index contributed by atoms with van der Waals surface area (Å²) in [6, 6.07) is -0.820. The maximum absolute atomic E-state index is 10.2. The predicted octanol–water partition coefficient (Wildman–Crippen LogP) is -4.04. The molecule has 0 radical (unpaired) electrons. The quantitative estimate of drug-likeness (QED) is 0.0742. The number of nitrogens with two attached hydrogens (primary N) is 4. The number of carboxylic acid groups (broad SMARTS) is 1. The highest BCUT2D eigenvalue weighted by Gasteiger charge is 2.09. The van der Waals surface area contributed by atoms with Gasteiger partial charge in [-0.25, -0.2) is 0 Å². The zero-order valence-corrected chi connectivity index (χ0v) is 17.9. The third-order valence-corrected chi connectivity index (χ3v) is 2.48. The van der Waals surface area contributed by atoms with E-state index in [0.29, 0.717) is 19.4 Å². The van der Waals surface area contributed by atoms with Crippen LogP contribution >= 0.6 is 0 Å². The van der Waals surface area contributed by atoms with E-state index in [-0.39, 0.29) is 31.7 Å². The van der Waals surface area contributed by atoms with Gasteiger partial charge in [-0.3, -0.25) is 14.6 Å². The van der Waals surface area contributed by atoms with E-state index in [4.69, 9.17) is 42.7 Å². The molecule has 176 valence electrons. The predicted molar refractivity (Wildman–Crippen MR) is 111 cm³/mol. The standard InChI is InChI=1S/C6H14N4O2.C5H14NO.C3H8O3.C2H5NO/c7-4(5(11)12)2-1-3-10-6(8)9;1-6(2,3)4-5-7;4-1-3(6)2-5;1-2(3)4/h4H,1-3,7H2,(H,11,12)(H4,8,9,10);7H,4-5H2,1-3H3;3-6H,1-2H2;1H3,(H2,3,4)/q;+1;;. The molecule has 13 N–H and O–H groups in total. The Morgan fingerprint density at radius 2 is 1.45 bits per heavy atom. The summed E-state index contributed by atoms with van der Waals surface area (Å²) >= 11 is 0. The van der Waals surface area contributed by atoms with Crippen molar-refractivity contribution < 1.29 is 39.6 Å². The van der Waals surface area contributed by atoms with Crippen LogP contribution in [-0.2, 0) is 9.59 Å². The number of aliphatic hydroxyl groups excluding tert-OH is 4. The molecule has 1 amide bonds. The van der Waals surface area contributed by atoms with Gasteiger partial charge in [0, 0.05) is 13.5 Å². The first kappa shape index (κ1) is 34.5. The summed E-state index contributed by atoms with van der Waals surface area (Å²) in [5.74, 6) is -1.32. The normalized spacial score (nSPS) is 10.8. The summed E-state index contributed by atoms with van der Waals surface area (Å²) in [4.78, 5) is 23.1. The van der Waals surface area contributed by atoms with Crippen molar-refractivity contribution in [3.05, 3.63) is 0 Å². The molecule has 0 saturated carbocycles. The number of aliphatic hydroxyl groups is 4. The Hall–Kier alpha value is -2.03. The second kappa shape index (κ2) is 22.3. The molecular formula is C16H41N6O7+. The first-order chi connectivity index (χ1) is 13.1. The summed E-state index contributed by atoms with van der Waals surface area (Å²) < 4.78 is 0.844. The number of aliphatic imine (C=N–C) groups is 1. The van der Waals surface area contributed by atoms with E-state index >= 15 is 0 Å². The smallest absolute Gasteiger partial charge is 0.320 e. The zero-order chi connectivity index (χ0) is 24.0. The number of carbonyl (C=O) groups excluding carboxylic acids is 1. The molecule has 1 unspecified atom stereocenters. The van der Waals surface area contributed by atoms with Gasteiger partial charge in [0.1, 0.15) is 18.7 Å². The molecule has 13 nitrogen and oxygen atoms in total. The van der Waals surface area contributed by atoms with Gasteiger partial charge in [-0.05, 0) is 12.8 Å². The minimum atomic E-state index is -1.00. The number of carboxylic acids is 1. The minimum absolute atomic E-state index is 0.0129. The summed E-state index contributed by atoms with van der Waals surface area (Å²) in [7, 11) is 6.16. The molecule has 0 aliphatic heterocycles. The van der Waals surface area contributed by atoms with E-state index in [1.54, 1.807) is 0 Å². The number of quaternary nitrogens is 1. The second-order valence-electron chi connectivity index (χ2n) is 6.76. The molecule has 0 heterocycles. The molecule has 0 aromatic carbocycles. The third-order valence-electron chi connectivity index (χ3n) is 2.48. The summed E-state index contributed by atoms with van der Waals surface area (Å²) in [5, 5.41) is 40.8. The van der Waals surface area contributed by atoms with Crippen molar-refractivity contribution >= 4 is 17.8 Å². The van der Waals surface area contributed by atoms with Gasteiger partial charge in [0.2, 0.25) is 5.91 Å². The molecule has 0 fully saturated rings. The van der Waals surface area contributed by atoms with Gasteiger partial charge < -0.3 is 53.0 Å². The fourth-order valence-electron chi connectivity index (χ4n) is 1.00. The number of hydrogen-bond acceptors (Lipinski definition) is 8. The van der Waals surface area contributed by atoms with Gasteiger partial charge in [0.25, 0.3) is 0 Å². The molecule has 0 spiro atoms. The highest BCUT2D eigenvalue weighted by Crippen LogP contribution is 1.94. The number of nitrogens with zero attached hydrogens (tertiary/aromatic N) is 2. The van der Waals surface area contributed by atoms with Crippen LogP contribution in [0.15, 0.2) is 4.99 Å². The van der Waals surface area contributed by atoms with Crippen molar-refractivity contribution in [1.29, 1.82) is 0 Å². The van der Waals surface area contributed by atoms with Crippen LogP contribution in [0.1, 0.15) is 19.8 Å². The lowest BCUT2D eigenvalue weighted by Crippen LogP contribution is -2.36. The van der Waals surface area contributed by atoms with Crippen LogP contribution in [0.4, 0.5) is 0 Å². The summed E-state index contributed by atoms with van der Waals surface area (Å²) in [6.07, 6.45) is 0.00213. The van der Waals surface area contributed by atoms with Crippen LogP contribution in [0, 0.1) is 0 Å². The van der Waals surface area contributed by atoms with Crippen LogP contribution in [0.2, 0.25) is 0 Å². The maximum Gasteiger partial charge on any atom is 0.320 e. The Labute approximate surface area is 172 Å². The van der Waals surface area contributed by atoms with E-state index in [1.807, 2.05) is 0 Å². The van der Waals surface area contributed by atoms with Crippen LogP contribution in [0.5, 0.6) is 0 Å². The van der Waals surface area contributed by atoms with Crippen LogP contribution < -0.4 is 22.9 Å². The number of amides is 1. The molecule has 29 heavy (non-hydrogen) atoms. The second-order valence-corrected chi connectivity index (χ2v) is 6.76. The van der Waals surface area contributed by atoms with Gasteiger partial charge in [-0.2, -0.15) is 0 Å². The molecule has 0 aromatic heterocycles. The van der Waals surface area contributed by atoms with E-state index in [9.17, 15) is 9.59 Å². The lowest BCUT2D eigenvalue weighted by Gasteiger charge is -2.21. The fraction of sp³-hybridized carbons (Fsp3) is 0.812. The molecule has 1 atom stereocenters. The Kier molecular flexibility index (Phi) is 26.5. The number of likely N-dealkylation sites (N-methyl/N-ethyl adjacent to an activating group) is 1. The van der Waals surface area contributed by atoms with Gasteiger partial charge in [-0.1, -0.05) is 0 Å². The van der Waals surface area contributed by atoms with Crippen molar-refractivity contribution in [2.75, 3.05) is 54.1 Å². The van der Waals surface area contributed by atoms with Crippen molar-refractivity contribution in [1.82, 2.24) is 0 Å². The average Bonchev–Trinajstić information content (AvgIpc) is 2.57. The Balaban J connectivity index is -0.000000157. The average molecular weight is 430 g/mol. The Morgan fingerprint density at radius 3 is 1.62 bits per heavy atom. The third kappa shape index (κ3) is 51.8. The highest BCUT2D eigenvalue weighted by atomic mass is 16.4. The largest absolute Gasteiger partial charge is 0.480 e. The molecule has 0 saturated heterocycles. The van der Waals surface area contributed by atoms with Crippen molar-refractivity contribution in [2.45, 2.75) is 31.9 Å². The van der Waals surface area contributed by atoms with E-state index < -0.39 is 18.1 Å². The van der Waals surface area contributed by atoms with E-state index in [2.05, 4.69) is 31.9 Å². The summed E-state index contributed by atoms with van der Waals surface area (Å²) in [5.41, 5.74) is 19.8. The van der Waals surface area contributed by atoms with Gasteiger partial charge in [-0.15, -0.1) is 0 Å². The van der Waals surface area contributed by atoms with E-state index in [0.717, 1.165) is 11.0 Å². The topological polar surface area (TPSA) is 252 Å². The lowest BCUT2D eigenvalue weighted by molar-refractivity contribution is -0.870. The minimum Gasteiger partial charge on any atom is -0.480 e. The zero-order valence-electron chi connectivity index (χ0n) is 17.9. The molecule has 0 aromatic rings. The SMILES string of the molecule is CC(N)=O.C[N+](C)(C)CCO.NC(N)=NCCCC(N)C(=O)O.OCC(O)CO. The van der Waals surface area contributed by atoms with Crippen LogP contribution in [0.3, 0.4) is 0 Å². The molecular weight excluding hydrogens is 388 g/mol. The number of carbonyl (C=O) groups is 2. The van der Waals surface area contributed by atoms with Crippen molar-refractivity contribution in [2.24, 2.45) is 27.9 Å². The van der Waals surface area contributed by atoms with Gasteiger partial charge in [0.15, 0.2) is 5.96 Å². The molecule has 13 heteroatoms. The Bertz CT molecular complexity index is 418. The number of rotatable bonds is 9. The fourth-order valence-corrected chi connectivity index (χ4v) is 1.00. The van der Waals surface area contributed by atoms with Crippen LogP contribution in [0.25, 0.3) is 0 Å². The number of primary amides is 1. The molecule has 0 aliphatic carbocycles. The molecule has 0 rings (SSSR count). The van der Waals surface area contributed by atoms with Crippen molar-refractivity contribution in [3.8, 4) is 0 Å². The maximum atomic E-state index is 10.2. The van der Waals surface area contributed by atoms with Crippen molar-refractivity contribution in [3.63, 3.8) is 0 Å². The number of guanidine groups is 1. The number of aliphatic carboxylic acids is 1. The van der Waals surface area contributed by atoms with Gasteiger partial charge in [0.05, 0.1) is 41.0 Å². The Morgan fingerprint density at radius 1 is 1.03 bits per heavy atom. The summed E-state index contributed by atoms with van der Waals surface area (Å²) in [6.45, 7) is 2.11. The first-order valence-electron chi connectivity index (χ1n) is 8.75. The molecule has 0 bridgehead atoms. The number of hydrogen-bond donors (Lipinski definition) is 9. The van der Waals surface area contributed by atoms with Crippen LogP contribution in [-0.4, -0.2) is 114 Å².